The van der Waals surface area contributed by atoms with Crippen molar-refractivity contribution in [3.63, 3.8) is 0 Å². The number of ether oxygens (including phenoxy) is 2. The van der Waals surface area contributed by atoms with Gasteiger partial charge in [-0.1, -0.05) is 6.07 Å². The molecule has 3 nitrogen and oxygen atoms in total. The van der Waals surface area contributed by atoms with E-state index >= 15 is 0 Å². The molecule has 2 N–H and O–H groups in total. The van der Waals surface area contributed by atoms with Crippen LogP contribution in [0.1, 0.15) is 18.6 Å². The van der Waals surface area contributed by atoms with E-state index in [4.69, 9.17) is 15.2 Å². The molecule has 1 aromatic carbocycles. The highest BCUT2D eigenvalue weighted by Crippen LogP contribution is 2.27. The van der Waals surface area contributed by atoms with Gasteiger partial charge in [0, 0.05) is 13.2 Å². The molecule has 0 aliphatic carbocycles. The van der Waals surface area contributed by atoms with Crippen LogP contribution in [0.5, 0.6) is 5.75 Å². The number of nitrogens with two attached hydrogens (primary N) is 1. The fourth-order valence-corrected chi connectivity index (χ4v) is 2.06. The Balaban J connectivity index is 0.00000225. The Morgan fingerprint density at radius 2 is 1.94 bits per heavy atom. The largest absolute Gasteiger partial charge is 0.496 e. The molecule has 92 valence electrons. The van der Waals surface area contributed by atoms with Gasteiger partial charge in [0.2, 0.25) is 0 Å². The Bertz CT molecular complexity index is 334. The summed E-state index contributed by atoms with van der Waals surface area (Å²) >= 11 is 2.23. The predicted molar refractivity (Wildman–Crippen MR) is 76.4 cm³/mol. The number of methoxy groups -OCH3 is 2. The third kappa shape index (κ3) is 3.76. The maximum absolute atomic E-state index is 5.84. The molecular weight excluding hydrogens is 340 g/mol. The number of halogens is 2. The van der Waals surface area contributed by atoms with E-state index in [0.717, 1.165) is 14.9 Å². The Morgan fingerprint density at radius 3 is 2.38 bits per heavy atom. The highest BCUT2D eigenvalue weighted by atomic mass is 127. The molecule has 0 bridgehead atoms. The van der Waals surface area contributed by atoms with Gasteiger partial charge in [-0.25, -0.2) is 0 Å². The number of hydrogen-bond acceptors (Lipinski definition) is 3. The first kappa shape index (κ1) is 16.0. The second kappa shape index (κ2) is 7.32. The highest BCUT2D eigenvalue weighted by Gasteiger charge is 2.16. The highest BCUT2D eigenvalue weighted by molar-refractivity contribution is 14.1. The summed E-state index contributed by atoms with van der Waals surface area (Å²) in [6.45, 7) is 1.93. The lowest BCUT2D eigenvalue weighted by Crippen LogP contribution is -2.26. The molecule has 5 heteroatoms. The average Bonchev–Trinajstić information content (AvgIpc) is 2.21. The molecule has 0 saturated carbocycles. The molecule has 2 atom stereocenters. The van der Waals surface area contributed by atoms with Gasteiger partial charge in [-0.3, -0.25) is 0 Å². The molecule has 0 fully saturated rings. The fraction of sp³-hybridized carbons (Fsp3) is 0.455. The summed E-state index contributed by atoms with van der Waals surface area (Å²) in [5.74, 6) is 0.857. The van der Waals surface area contributed by atoms with E-state index in [2.05, 4.69) is 22.6 Å². The topological polar surface area (TPSA) is 44.5 Å². The third-order valence-electron chi connectivity index (χ3n) is 2.24. The lowest BCUT2D eigenvalue weighted by molar-refractivity contribution is 0.0851. The molecule has 0 radical (unpaired) electrons. The molecule has 0 spiro atoms. The number of rotatable bonds is 4. The first-order valence-electron chi connectivity index (χ1n) is 4.72. The SMILES string of the molecule is COc1cc(C(OC)C(C)N)ccc1I.Cl. The summed E-state index contributed by atoms with van der Waals surface area (Å²) in [6, 6.07) is 5.95. The molecule has 2 unspecified atom stereocenters. The molecule has 0 saturated heterocycles. The Hall–Kier alpha value is -0.0400. The van der Waals surface area contributed by atoms with E-state index in [1.165, 1.54) is 0 Å². The number of benzene rings is 1. The summed E-state index contributed by atoms with van der Waals surface area (Å²) in [4.78, 5) is 0. The van der Waals surface area contributed by atoms with Gasteiger partial charge in [-0.15, -0.1) is 12.4 Å². The smallest absolute Gasteiger partial charge is 0.132 e. The zero-order chi connectivity index (χ0) is 11.4. The van der Waals surface area contributed by atoms with Crippen molar-refractivity contribution in [3.8, 4) is 5.75 Å². The lowest BCUT2D eigenvalue weighted by atomic mass is 10.0. The standard InChI is InChI=1S/C11H16INO2.ClH/c1-7(13)11(15-3)8-4-5-9(12)10(6-8)14-2;/h4-7,11H,13H2,1-3H3;1H. The van der Waals surface area contributed by atoms with Crippen LogP contribution in [-0.2, 0) is 4.74 Å². The van der Waals surface area contributed by atoms with Crippen LogP contribution < -0.4 is 10.5 Å². The Morgan fingerprint density at radius 1 is 1.31 bits per heavy atom. The van der Waals surface area contributed by atoms with Gasteiger partial charge >= 0.3 is 0 Å². The molecule has 0 heterocycles. The minimum absolute atomic E-state index is 0. The summed E-state index contributed by atoms with van der Waals surface area (Å²) in [5.41, 5.74) is 6.89. The summed E-state index contributed by atoms with van der Waals surface area (Å²) < 4.78 is 11.7. The van der Waals surface area contributed by atoms with Crippen molar-refractivity contribution in [2.75, 3.05) is 14.2 Å². The quantitative estimate of drug-likeness (QED) is 0.843. The Kier molecular flexibility index (Phi) is 7.30. The first-order chi connectivity index (χ1) is 7.10. The second-order valence-electron chi connectivity index (χ2n) is 3.41. The zero-order valence-electron chi connectivity index (χ0n) is 9.57. The van der Waals surface area contributed by atoms with Crippen molar-refractivity contribution in [3.05, 3.63) is 27.3 Å². The van der Waals surface area contributed by atoms with Crippen LogP contribution in [0.25, 0.3) is 0 Å². The molecule has 1 rings (SSSR count). The monoisotopic (exact) mass is 357 g/mol. The van der Waals surface area contributed by atoms with Crippen molar-refractivity contribution < 1.29 is 9.47 Å². The van der Waals surface area contributed by atoms with E-state index in [9.17, 15) is 0 Å². The van der Waals surface area contributed by atoms with Crippen molar-refractivity contribution in [1.82, 2.24) is 0 Å². The van der Waals surface area contributed by atoms with Crippen molar-refractivity contribution >= 4 is 35.0 Å². The van der Waals surface area contributed by atoms with Gasteiger partial charge in [-0.05, 0) is 47.2 Å². The summed E-state index contributed by atoms with van der Waals surface area (Å²) in [6.07, 6.45) is -0.0871. The van der Waals surface area contributed by atoms with E-state index in [1.54, 1.807) is 14.2 Å². The van der Waals surface area contributed by atoms with Crippen LogP contribution in [0, 0.1) is 3.57 Å². The molecule has 16 heavy (non-hydrogen) atoms. The fourth-order valence-electron chi connectivity index (χ4n) is 1.51. The normalized spacial score (nSPS) is 13.8. The van der Waals surface area contributed by atoms with Crippen LogP contribution in [0.3, 0.4) is 0 Å². The van der Waals surface area contributed by atoms with Crippen LogP contribution >= 0.6 is 35.0 Å². The molecule has 0 aliphatic heterocycles. The van der Waals surface area contributed by atoms with E-state index in [-0.39, 0.29) is 24.6 Å². The molecule has 0 aromatic heterocycles. The van der Waals surface area contributed by atoms with Crippen molar-refractivity contribution in [2.45, 2.75) is 19.1 Å². The Labute approximate surface area is 116 Å². The number of hydrogen-bond donors (Lipinski definition) is 1. The predicted octanol–water partition coefficient (Wildman–Crippen LogP) is 2.76. The summed E-state index contributed by atoms with van der Waals surface area (Å²) in [5, 5.41) is 0. The summed E-state index contributed by atoms with van der Waals surface area (Å²) in [7, 11) is 3.33. The molecule has 0 aliphatic rings. The van der Waals surface area contributed by atoms with Gasteiger partial charge in [0.15, 0.2) is 0 Å². The van der Waals surface area contributed by atoms with E-state index in [0.29, 0.717) is 0 Å². The molecular formula is C11H17ClINO2. The minimum Gasteiger partial charge on any atom is -0.496 e. The van der Waals surface area contributed by atoms with Crippen LogP contribution in [0.4, 0.5) is 0 Å². The average molecular weight is 358 g/mol. The third-order valence-corrected chi connectivity index (χ3v) is 3.13. The second-order valence-corrected chi connectivity index (χ2v) is 4.57. The zero-order valence-corrected chi connectivity index (χ0v) is 12.5. The van der Waals surface area contributed by atoms with Gasteiger partial charge in [-0.2, -0.15) is 0 Å². The lowest BCUT2D eigenvalue weighted by Gasteiger charge is -2.20. The maximum atomic E-state index is 5.84. The van der Waals surface area contributed by atoms with Crippen LogP contribution in [0.2, 0.25) is 0 Å². The van der Waals surface area contributed by atoms with Crippen molar-refractivity contribution in [1.29, 1.82) is 0 Å². The van der Waals surface area contributed by atoms with E-state index < -0.39 is 0 Å². The van der Waals surface area contributed by atoms with E-state index in [1.807, 2.05) is 25.1 Å². The van der Waals surface area contributed by atoms with Gasteiger partial charge in [0.1, 0.15) is 5.75 Å². The molecule has 0 amide bonds. The van der Waals surface area contributed by atoms with Gasteiger partial charge < -0.3 is 15.2 Å². The minimum atomic E-state index is -0.0871. The van der Waals surface area contributed by atoms with Gasteiger partial charge in [0.25, 0.3) is 0 Å². The first-order valence-corrected chi connectivity index (χ1v) is 5.79. The maximum Gasteiger partial charge on any atom is 0.132 e. The van der Waals surface area contributed by atoms with Crippen LogP contribution in [0.15, 0.2) is 18.2 Å². The van der Waals surface area contributed by atoms with Crippen LogP contribution in [-0.4, -0.2) is 20.3 Å². The van der Waals surface area contributed by atoms with Crippen molar-refractivity contribution in [2.24, 2.45) is 5.73 Å². The molecule has 1 aromatic rings. The van der Waals surface area contributed by atoms with Gasteiger partial charge in [0.05, 0.1) is 16.8 Å².